The highest BCUT2D eigenvalue weighted by molar-refractivity contribution is 9.10. The van der Waals surface area contributed by atoms with Gasteiger partial charge in [0.1, 0.15) is 5.75 Å². The summed E-state index contributed by atoms with van der Waals surface area (Å²) < 4.78 is 49.7. The number of aliphatic carboxylic acids is 1. The number of carbonyl (C=O) groups is 1. The molecule has 0 amide bonds. The number of halogens is 4. The predicted molar refractivity (Wildman–Crippen MR) is 108 cm³/mol. The topological polar surface area (TPSA) is 125 Å². The Hall–Kier alpha value is -2.81. The van der Waals surface area contributed by atoms with E-state index in [0.29, 0.717) is 15.9 Å². The summed E-state index contributed by atoms with van der Waals surface area (Å²) in [6.07, 6.45) is -3.79. The summed E-state index contributed by atoms with van der Waals surface area (Å²) in [5.74, 6) is -0.870. The number of tetrazole rings is 1. The lowest BCUT2D eigenvalue weighted by Crippen LogP contribution is -2.20. The van der Waals surface area contributed by atoms with Gasteiger partial charge in [0.05, 0.1) is 23.2 Å². The van der Waals surface area contributed by atoms with E-state index in [1.54, 1.807) is 6.92 Å². The van der Waals surface area contributed by atoms with Gasteiger partial charge in [-0.2, -0.15) is 13.2 Å². The first kappa shape index (κ1) is 23.8. The zero-order valence-corrected chi connectivity index (χ0v) is 18.8. The summed E-state index contributed by atoms with van der Waals surface area (Å²) in [4.78, 5) is 12.2. The van der Waals surface area contributed by atoms with Crippen LogP contribution in [-0.2, 0) is 11.0 Å². The van der Waals surface area contributed by atoms with Crippen LogP contribution in [0.15, 0.2) is 22.7 Å². The van der Waals surface area contributed by atoms with Gasteiger partial charge < -0.3 is 14.6 Å². The maximum atomic E-state index is 12.8. The van der Waals surface area contributed by atoms with E-state index in [0.717, 1.165) is 28.3 Å². The normalized spacial score (nSPS) is 12.5. The van der Waals surface area contributed by atoms with Gasteiger partial charge in [0, 0.05) is 6.42 Å². The summed E-state index contributed by atoms with van der Waals surface area (Å²) in [6, 6.07) is 2.23. The first-order valence-electron chi connectivity index (χ1n) is 9.17. The molecule has 0 saturated heterocycles. The van der Waals surface area contributed by atoms with Crippen LogP contribution in [0.2, 0.25) is 0 Å². The Kier molecular flexibility index (Phi) is 7.60. The predicted octanol–water partition coefficient (Wildman–Crippen LogP) is 3.86. The van der Waals surface area contributed by atoms with E-state index in [1.165, 1.54) is 6.07 Å². The third-order valence-corrected chi connectivity index (χ3v) is 5.49. The van der Waals surface area contributed by atoms with E-state index < -0.39 is 23.8 Å². The van der Waals surface area contributed by atoms with Crippen LogP contribution in [0, 0.1) is 0 Å². The zero-order valence-electron chi connectivity index (χ0n) is 16.4. The van der Waals surface area contributed by atoms with E-state index in [2.05, 4.69) is 41.5 Å². The van der Waals surface area contributed by atoms with Gasteiger partial charge in [0.15, 0.2) is 11.0 Å². The summed E-state index contributed by atoms with van der Waals surface area (Å²) in [7, 11) is 0. The van der Waals surface area contributed by atoms with E-state index in [4.69, 9.17) is 14.6 Å². The Morgan fingerprint density at radius 3 is 2.69 bits per heavy atom. The van der Waals surface area contributed by atoms with Crippen LogP contribution in [0.4, 0.5) is 13.2 Å². The molecule has 0 aliphatic carbocycles. The summed E-state index contributed by atoms with van der Waals surface area (Å²) in [5.41, 5.74) is -0.799. The molecule has 0 saturated carbocycles. The van der Waals surface area contributed by atoms with E-state index >= 15 is 0 Å². The second-order valence-electron chi connectivity index (χ2n) is 6.26. The summed E-state index contributed by atoms with van der Waals surface area (Å²) >= 11 is 4.20. The molecular formula is C17H16BrF3N6O4S. The Balaban J connectivity index is 1.50. The lowest BCUT2D eigenvalue weighted by atomic mass is 10.2. The van der Waals surface area contributed by atoms with Crippen LogP contribution in [0.5, 0.6) is 10.9 Å². The molecule has 1 N–H and O–H groups in total. The molecular weight excluding hydrogens is 521 g/mol. The van der Waals surface area contributed by atoms with Crippen molar-refractivity contribution in [1.29, 1.82) is 0 Å². The molecule has 0 bridgehead atoms. The number of carboxylic acid groups (broad SMARTS) is 1. The van der Waals surface area contributed by atoms with Crippen molar-refractivity contribution in [3.63, 3.8) is 0 Å². The molecule has 0 aliphatic heterocycles. The Labute approximate surface area is 191 Å². The Morgan fingerprint density at radius 2 is 2.00 bits per heavy atom. The SMILES string of the molecule is CCC(C(=O)O)n1nnc(-c2nnc(OCCCOc3cc(C(F)(F)F)ccc3Br)s2)n1. The first-order valence-corrected chi connectivity index (χ1v) is 10.8. The largest absolute Gasteiger partial charge is 0.492 e. The van der Waals surface area contributed by atoms with Crippen molar-refractivity contribution in [3.8, 4) is 21.8 Å². The molecule has 10 nitrogen and oxygen atoms in total. The van der Waals surface area contributed by atoms with E-state index in [-0.39, 0.29) is 36.4 Å². The average molecular weight is 537 g/mol. The van der Waals surface area contributed by atoms with Gasteiger partial charge >= 0.3 is 12.1 Å². The van der Waals surface area contributed by atoms with Crippen LogP contribution in [-0.4, -0.2) is 54.7 Å². The van der Waals surface area contributed by atoms with Crippen molar-refractivity contribution in [2.75, 3.05) is 13.2 Å². The molecule has 1 aromatic carbocycles. The van der Waals surface area contributed by atoms with Gasteiger partial charge in [0.25, 0.3) is 5.19 Å². The number of alkyl halides is 3. The highest BCUT2D eigenvalue weighted by Gasteiger charge is 2.31. The quantitative estimate of drug-likeness (QED) is 0.384. The van der Waals surface area contributed by atoms with Crippen molar-refractivity contribution in [3.05, 3.63) is 28.2 Å². The average Bonchev–Trinajstić information content (AvgIpc) is 3.38. The van der Waals surface area contributed by atoms with Gasteiger partial charge in [-0.25, -0.2) is 4.79 Å². The van der Waals surface area contributed by atoms with Crippen LogP contribution in [0.25, 0.3) is 10.8 Å². The van der Waals surface area contributed by atoms with Gasteiger partial charge in [-0.05, 0) is 45.8 Å². The molecule has 1 unspecified atom stereocenters. The van der Waals surface area contributed by atoms with Crippen molar-refractivity contribution >= 4 is 33.2 Å². The van der Waals surface area contributed by atoms with Crippen LogP contribution in [0.1, 0.15) is 31.4 Å². The monoisotopic (exact) mass is 536 g/mol. The lowest BCUT2D eigenvalue weighted by molar-refractivity contribution is -0.141. The fraction of sp³-hybridized carbons (Fsp3) is 0.412. The smallest absolute Gasteiger partial charge is 0.416 e. The zero-order chi connectivity index (χ0) is 23.3. The molecule has 3 rings (SSSR count). The maximum Gasteiger partial charge on any atom is 0.416 e. The number of nitrogens with zero attached hydrogens (tertiary/aromatic N) is 6. The molecule has 172 valence electrons. The number of benzene rings is 1. The second kappa shape index (κ2) is 10.2. The lowest BCUT2D eigenvalue weighted by Gasteiger charge is -2.12. The van der Waals surface area contributed by atoms with Gasteiger partial charge in [-0.1, -0.05) is 23.4 Å². The van der Waals surface area contributed by atoms with Gasteiger partial charge in [0.2, 0.25) is 5.82 Å². The van der Waals surface area contributed by atoms with Crippen molar-refractivity contribution in [2.24, 2.45) is 0 Å². The molecule has 32 heavy (non-hydrogen) atoms. The highest BCUT2D eigenvalue weighted by Crippen LogP contribution is 2.35. The van der Waals surface area contributed by atoms with E-state index in [1.807, 2.05) is 0 Å². The number of hydrogen-bond donors (Lipinski definition) is 1. The maximum absolute atomic E-state index is 12.8. The molecule has 0 fully saturated rings. The molecule has 1 atom stereocenters. The van der Waals surface area contributed by atoms with E-state index in [9.17, 15) is 18.0 Å². The van der Waals surface area contributed by atoms with Crippen molar-refractivity contribution < 1.29 is 32.5 Å². The third kappa shape index (κ3) is 5.91. The van der Waals surface area contributed by atoms with Crippen LogP contribution >= 0.6 is 27.3 Å². The third-order valence-electron chi connectivity index (χ3n) is 4.01. The standard InChI is InChI=1S/C17H16BrF3N6O4S/c1-2-11(15(28)29)27-25-13(22-26-27)14-23-24-16(32-14)31-7-3-6-30-12-8-9(17(19,20)21)4-5-10(12)18/h4-5,8,11H,2-3,6-7H2,1H3,(H,28,29). The molecule has 15 heteroatoms. The van der Waals surface area contributed by atoms with Crippen molar-refractivity contribution in [2.45, 2.75) is 32.0 Å². The minimum atomic E-state index is -4.46. The minimum Gasteiger partial charge on any atom is -0.492 e. The van der Waals surface area contributed by atoms with Gasteiger partial charge in [-0.15, -0.1) is 20.1 Å². The first-order chi connectivity index (χ1) is 15.2. The molecule has 2 heterocycles. The molecule has 2 aromatic heterocycles. The molecule has 0 spiro atoms. The summed E-state index contributed by atoms with van der Waals surface area (Å²) in [6.45, 7) is 1.99. The summed E-state index contributed by atoms with van der Waals surface area (Å²) in [5, 5.41) is 29.0. The van der Waals surface area contributed by atoms with Crippen molar-refractivity contribution in [1.82, 2.24) is 30.4 Å². The second-order valence-corrected chi connectivity index (χ2v) is 8.06. The fourth-order valence-electron chi connectivity index (χ4n) is 2.43. The number of rotatable bonds is 10. The minimum absolute atomic E-state index is 0.0823. The molecule has 3 aromatic rings. The highest BCUT2D eigenvalue weighted by atomic mass is 79.9. The number of hydrogen-bond acceptors (Lipinski definition) is 9. The van der Waals surface area contributed by atoms with Gasteiger partial charge in [-0.3, -0.25) is 0 Å². The number of aromatic nitrogens is 6. The van der Waals surface area contributed by atoms with Crippen LogP contribution < -0.4 is 9.47 Å². The number of ether oxygens (including phenoxy) is 2. The Bertz CT molecular complexity index is 1080. The molecule has 0 aliphatic rings. The van der Waals surface area contributed by atoms with Crippen LogP contribution in [0.3, 0.4) is 0 Å². The Morgan fingerprint density at radius 1 is 1.25 bits per heavy atom. The fourth-order valence-corrected chi connectivity index (χ4v) is 3.43. The molecule has 0 radical (unpaired) electrons. The number of carboxylic acids is 1.